The number of hydrogen-bond acceptors (Lipinski definition) is 6. The van der Waals surface area contributed by atoms with Gasteiger partial charge in [-0.05, 0) is 32.4 Å². The van der Waals surface area contributed by atoms with Gasteiger partial charge in [0.25, 0.3) is 15.8 Å². The number of pyridine rings is 1. The predicted octanol–water partition coefficient (Wildman–Crippen LogP) is 0.475. The summed E-state index contributed by atoms with van der Waals surface area (Å²) in [5.41, 5.74) is 2.22. The lowest BCUT2D eigenvalue weighted by molar-refractivity contribution is -0.0457. The molecular formula is C20H29N5O4S. The molecule has 4 rings (SSSR count). The number of hydrogen-bond donors (Lipinski definition) is 0. The first-order valence-corrected chi connectivity index (χ1v) is 11.7. The van der Waals surface area contributed by atoms with Gasteiger partial charge in [0, 0.05) is 58.1 Å². The summed E-state index contributed by atoms with van der Waals surface area (Å²) in [7, 11) is -3.50. The van der Waals surface area contributed by atoms with Gasteiger partial charge in [-0.25, -0.2) is 4.98 Å². The highest BCUT2D eigenvalue weighted by Gasteiger charge is 2.36. The van der Waals surface area contributed by atoms with Crippen LogP contribution >= 0.6 is 0 Å². The van der Waals surface area contributed by atoms with Gasteiger partial charge >= 0.3 is 0 Å². The van der Waals surface area contributed by atoms with Crippen LogP contribution in [0.1, 0.15) is 25.1 Å². The number of aromatic nitrogens is 2. The van der Waals surface area contributed by atoms with Gasteiger partial charge in [0.2, 0.25) is 0 Å². The molecule has 2 aromatic heterocycles. The summed E-state index contributed by atoms with van der Waals surface area (Å²) in [6, 6.07) is 5.33. The first-order valence-electron chi connectivity index (χ1n) is 10.3. The van der Waals surface area contributed by atoms with Crippen LogP contribution in [0.4, 0.5) is 0 Å². The van der Waals surface area contributed by atoms with E-state index in [4.69, 9.17) is 4.74 Å². The molecule has 2 aromatic rings. The lowest BCUT2D eigenvalue weighted by Crippen LogP contribution is -2.57. The normalized spacial score (nSPS) is 25.0. The van der Waals surface area contributed by atoms with Gasteiger partial charge < -0.3 is 4.74 Å². The molecule has 0 saturated carbocycles. The summed E-state index contributed by atoms with van der Waals surface area (Å²) in [4.78, 5) is 19.2. The Morgan fingerprint density at radius 1 is 1.10 bits per heavy atom. The fourth-order valence-corrected chi connectivity index (χ4v) is 5.97. The molecule has 164 valence electrons. The minimum absolute atomic E-state index is 0.101. The number of rotatable bonds is 4. The van der Waals surface area contributed by atoms with E-state index in [1.54, 1.807) is 21.0 Å². The van der Waals surface area contributed by atoms with Gasteiger partial charge in [-0.2, -0.15) is 17.0 Å². The summed E-state index contributed by atoms with van der Waals surface area (Å²) in [6.45, 7) is 9.08. The van der Waals surface area contributed by atoms with Crippen LogP contribution in [0.15, 0.2) is 29.2 Å². The van der Waals surface area contributed by atoms with Crippen molar-refractivity contribution in [1.82, 2.24) is 22.9 Å². The summed E-state index contributed by atoms with van der Waals surface area (Å²) in [6.07, 6.45) is 1.51. The Kier molecular flexibility index (Phi) is 5.95. The molecule has 10 heteroatoms. The van der Waals surface area contributed by atoms with Crippen LogP contribution < -0.4 is 5.56 Å². The maximum Gasteiger partial charge on any atom is 0.282 e. The van der Waals surface area contributed by atoms with E-state index in [-0.39, 0.29) is 17.8 Å². The average Bonchev–Trinajstić information content (AvgIpc) is 2.69. The van der Waals surface area contributed by atoms with Gasteiger partial charge in [0.15, 0.2) is 0 Å². The van der Waals surface area contributed by atoms with Crippen LogP contribution in [0.5, 0.6) is 0 Å². The summed E-state index contributed by atoms with van der Waals surface area (Å²) < 4.78 is 36.4. The van der Waals surface area contributed by atoms with Crippen molar-refractivity contribution < 1.29 is 13.2 Å². The topological polar surface area (TPSA) is 87.5 Å². The smallest absolute Gasteiger partial charge is 0.282 e. The number of fused-ring (bicyclic) bond motifs is 1. The van der Waals surface area contributed by atoms with Crippen molar-refractivity contribution in [3.8, 4) is 0 Å². The summed E-state index contributed by atoms with van der Waals surface area (Å²) >= 11 is 0. The quantitative estimate of drug-likeness (QED) is 0.694. The Morgan fingerprint density at radius 2 is 1.77 bits per heavy atom. The van der Waals surface area contributed by atoms with E-state index in [0.717, 1.165) is 5.56 Å². The largest absolute Gasteiger partial charge is 0.373 e. The van der Waals surface area contributed by atoms with Crippen LogP contribution in [-0.2, 0) is 21.5 Å². The molecule has 0 bridgehead atoms. The number of ether oxygens (including phenoxy) is 1. The van der Waals surface area contributed by atoms with Crippen LogP contribution in [0.2, 0.25) is 0 Å². The van der Waals surface area contributed by atoms with Crippen LogP contribution in [-0.4, -0.2) is 82.8 Å². The standard InChI is InChI=1S/C20H29N5O4S/c1-15-5-4-6-25-19(26)11-18(21-20(15)25)14-22-7-9-23(10-8-22)30(27,28)24-12-16(2)29-17(3)13-24/h4-6,11,16-17H,7-10,12-14H2,1-3H3. The molecule has 9 nitrogen and oxygen atoms in total. The molecule has 0 N–H and O–H groups in total. The fraction of sp³-hybridized carbons (Fsp3) is 0.600. The maximum absolute atomic E-state index is 13.0. The first kappa shape index (κ1) is 21.4. The molecule has 0 amide bonds. The van der Waals surface area contributed by atoms with E-state index in [2.05, 4.69) is 9.88 Å². The summed E-state index contributed by atoms with van der Waals surface area (Å²) in [5.74, 6) is 0. The van der Waals surface area contributed by atoms with Crippen molar-refractivity contribution in [3.63, 3.8) is 0 Å². The third kappa shape index (κ3) is 4.28. The van der Waals surface area contributed by atoms with Crippen molar-refractivity contribution in [1.29, 1.82) is 0 Å². The maximum atomic E-state index is 13.0. The highest BCUT2D eigenvalue weighted by atomic mass is 32.2. The summed E-state index contributed by atoms with van der Waals surface area (Å²) in [5, 5.41) is 0. The second-order valence-corrected chi connectivity index (χ2v) is 10.2. The zero-order valence-electron chi connectivity index (χ0n) is 17.7. The molecule has 2 fully saturated rings. The van der Waals surface area contributed by atoms with Gasteiger partial charge in [-0.15, -0.1) is 0 Å². The molecule has 2 aliphatic rings. The van der Waals surface area contributed by atoms with E-state index >= 15 is 0 Å². The Balaban J connectivity index is 1.42. The molecule has 0 aliphatic carbocycles. The van der Waals surface area contributed by atoms with Crippen LogP contribution in [0.25, 0.3) is 5.65 Å². The molecule has 0 radical (unpaired) electrons. The average molecular weight is 436 g/mol. The fourth-order valence-electron chi connectivity index (χ4n) is 4.22. The monoisotopic (exact) mass is 435 g/mol. The Bertz CT molecular complexity index is 1070. The number of nitrogens with zero attached hydrogens (tertiary/aromatic N) is 5. The Labute approximate surface area is 177 Å². The lowest BCUT2D eigenvalue weighted by atomic mass is 10.2. The van der Waals surface area contributed by atoms with Crippen molar-refractivity contribution in [2.45, 2.75) is 39.5 Å². The number of morpholine rings is 1. The SMILES string of the molecule is Cc1cccn2c(=O)cc(CN3CCN(S(=O)(=O)N4CC(C)OC(C)C4)CC3)nc12. The van der Waals surface area contributed by atoms with E-state index in [1.165, 1.54) is 4.31 Å². The van der Waals surface area contributed by atoms with E-state index in [1.807, 2.05) is 32.9 Å². The van der Waals surface area contributed by atoms with E-state index in [9.17, 15) is 13.2 Å². The number of piperazine rings is 1. The highest BCUT2D eigenvalue weighted by molar-refractivity contribution is 7.86. The zero-order chi connectivity index (χ0) is 21.5. The highest BCUT2D eigenvalue weighted by Crippen LogP contribution is 2.19. The van der Waals surface area contributed by atoms with Crippen molar-refractivity contribution >= 4 is 15.9 Å². The third-order valence-corrected chi connectivity index (χ3v) is 7.66. The second-order valence-electron chi connectivity index (χ2n) is 8.23. The molecule has 2 atom stereocenters. The minimum Gasteiger partial charge on any atom is -0.373 e. The van der Waals surface area contributed by atoms with Crippen LogP contribution in [0, 0.1) is 6.92 Å². The van der Waals surface area contributed by atoms with Crippen molar-refractivity contribution in [2.75, 3.05) is 39.3 Å². The molecule has 0 spiro atoms. The Morgan fingerprint density at radius 3 is 2.43 bits per heavy atom. The van der Waals surface area contributed by atoms with Gasteiger partial charge in [0.1, 0.15) is 5.65 Å². The Hall–Kier alpha value is -1.85. The molecule has 0 aromatic carbocycles. The van der Waals surface area contributed by atoms with Gasteiger partial charge in [0.05, 0.1) is 17.9 Å². The lowest BCUT2D eigenvalue weighted by Gasteiger charge is -2.40. The van der Waals surface area contributed by atoms with Gasteiger partial charge in [-0.3, -0.25) is 14.1 Å². The molecule has 4 heterocycles. The van der Waals surface area contributed by atoms with E-state index in [0.29, 0.717) is 57.2 Å². The minimum atomic E-state index is -3.50. The zero-order valence-corrected chi connectivity index (χ0v) is 18.5. The number of aryl methyl sites for hydroxylation is 1. The van der Waals surface area contributed by atoms with Crippen LogP contribution in [0.3, 0.4) is 0 Å². The van der Waals surface area contributed by atoms with Gasteiger partial charge in [-0.1, -0.05) is 6.07 Å². The molecule has 30 heavy (non-hydrogen) atoms. The van der Waals surface area contributed by atoms with Crippen molar-refractivity contribution in [2.24, 2.45) is 0 Å². The van der Waals surface area contributed by atoms with Crippen molar-refractivity contribution in [3.05, 3.63) is 46.0 Å². The first-order chi connectivity index (χ1) is 14.2. The molecule has 2 unspecified atom stereocenters. The molecular weight excluding hydrogens is 406 g/mol. The third-order valence-electron chi connectivity index (χ3n) is 5.69. The molecule has 2 aliphatic heterocycles. The van der Waals surface area contributed by atoms with E-state index < -0.39 is 10.2 Å². The molecule has 2 saturated heterocycles. The second kappa shape index (κ2) is 8.35. The predicted molar refractivity (Wildman–Crippen MR) is 114 cm³/mol.